The number of nitrogens with one attached hydrogen (secondary N) is 3. The fraction of sp³-hybridized carbons (Fsp3) is 0.353. The highest BCUT2D eigenvalue weighted by Crippen LogP contribution is 2.37. The zero-order chi connectivity index (χ0) is 16.7. The number of carbonyl (C=O) groups excluding carboxylic acids is 3. The van der Waals surface area contributed by atoms with E-state index in [1.165, 1.54) is 0 Å². The summed E-state index contributed by atoms with van der Waals surface area (Å²) in [6, 6.07) is 7.16. The quantitative estimate of drug-likeness (QED) is 0.745. The Balaban J connectivity index is 1.47. The summed E-state index contributed by atoms with van der Waals surface area (Å²) in [5.74, 6) is -0.517. The Kier molecular flexibility index (Phi) is 3.53. The molecule has 24 heavy (non-hydrogen) atoms. The second kappa shape index (κ2) is 5.59. The van der Waals surface area contributed by atoms with Crippen LogP contribution in [-0.2, 0) is 4.79 Å². The lowest BCUT2D eigenvalue weighted by atomic mass is 9.87. The predicted octanol–water partition coefficient (Wildman–Crippen LogP) is 2.01. The Morgan fingerprint density at radius 3 is 3.00 bits per heavy atom. The Morgan fingerprint density at radius 2 is 2.21 bits per heavy atom. The van der Waals surface area contributed by atoms with E-state index in [-0.39, 0.29) is 17.7 Å². The van der Waals surface area contributed by atoms with Gasteiger partial charge in [0.2, 0.25) is 0 Å². The van der Waals surface area contributed by atoms with Gasteiger partial charge in [-0.1, -0.05) is 6.42 Å². The lowest BCUT2D eigenvalue weighted by molar-refractivity contribution is -0.125. The maximum atomic E-state index is 12.4. The van der Waals surface area contributed by atoms with Gasteiger partial charge in [0, 0.05) is 22.7 Å². The zero-order valence-electron chi connectivity index (χ0n) is 12.9. The van der Waals surface area contributed by atoms with E-state index in [4.69, 9.17) is 0 Å². The van der Waals surface area contributed by atoms with Crippen molar-refractivity contribution in [2.75, 3.05) is 6.54 Å². The summed E-state index contributed by atoms with van der Waals surface area (Å²) in [7, 11) is 0. The van der Waals surface area contributed by atoms with Gasteiger partial charge in [-0.3, -0.25) is 14.9 Å². The highest BCUT2D eigenvalue weighted by molar-refractivity contribution is 7.17. The van der Waals surface area contributed by atoms with E-state index in [0.29, 0.717) is 18.5 Å². The molecule has 1 aromatic heterocycles. The fourth-order valence-corrected chi connectivity index (χ4v) is 4.52. The van der Waals surface area contributed by atoms with Crippen LogP contribution in [0.5, 0.6) is 0 Å². The van der Waals surface area contributed by atoms with E-state index in [1.54, 1.807) is 11.3 Å². The van der Waals surface area contributed by atoms with Crippen LogP contribution in [0.25, 0.3) is 10.1 Å². The number of amides is 4. The van der Waals surface area contributed by atoms with E-state index in [1.807, 2.05) is 29.6 Å². The van der Waals surface area contributed by atoms with Crippen LogP contribution in [-0.4, -0.2) is 29.9 Å². The van der Waals surface area contributed by atoms with Crippen molar-refractivity contribution < 1.29 is 14.4 Å². The molecule has 2 aromatic rings. The summed E-state index contributed by atoms with van der Waals surface area (Å²) in [4.78, 5) is 36.1. The molecule has 2 heterocycles. The third-order valence-corrected chi connectivity index (χ3v) is 5.91. The van der Waals surface area contributed by atoms with Crippen LogP contribution < -0.4 is 16.0 Å². The van der Waals surface area contributed by atoms with Gasteiger partial charge in [-0.15, -0.1) is 11.3 Å². The molecule has 0 unspecified atom stereocenters. The van der Waals surface area contributed by atoms with Gasteiger partial charge < -0.3 is 10.6 Å². The number of thiophene rings is 1. The molecule has 1 aromatic carbocycles. The van der Waals surface area contributed by atoms with Gasteiger partial charge in [-0.2, -0.15) is 0 Å². The normalized spacial score (nSPS) is 25.9. The standard InChI is InChI=1S/C17H17N3O3S/c21-14(11-3-4-13-10(8-11)5-7-24-13)18-9-12-2-1-6-17(12)15(22)19-16(23)20-17/h3-5,7-8,12H,1-2,6,9H2,(H,18,21)(H2,19,20,22,23)/t12-,17-/m0/s1. The topological polar surface area (TPSA) is 87.3 Å². The Hall–Kier alpha value is -2.41. The first-order valence-corrected chi connectivity index (χ1v) is 8.85. The predicted molar refractivity (Wildman–Crippen MR) is 90.9 cm³/mol. The van der Waals surface area contributed by atoms with Gasteiger partial charge in [0.15, 0.2) is 0 Å². The minimum absolute atomic E-state index is 0.0854. The number of hydrogen-bond acceptors (Lipinski definition) is 4. The summed E-state index contributed by atoms with van der Waals surface area (Å²) in [6.07, 6.45) is 2.28. The van der Waals surface area contributed by atoms with Gasteiger partial charge in [0.05, 0.1) is 0 Å². The average molecular weight is 343 g/mol. The van der Waals surface area contributed by atoms with Gasteiger partial charge >= 0.3 is 6.03 Å². The number of hydrogen-bond donors (Lipinski definition) is 3. The minimum Gasteiger partial charge on any atom is -0.352 e. The fourth-order valence-electron chi connectivity index (χ4n) is 3.75. The number of urea groups is 1. The third-order valence-electron chi connectivity index (χ3n) is 5.01. The number of fused-ring (bicyclic) bond motifs is 1. The second-order valence-corrected chi connectivity index (χ2v) is 7.30. The summed E-state index contributed by atoms with van der Waals surface area (Å²) in [5, 5.41) is 11.0. The van der Waals surface area contributed by atoms with Gasteiger partial charge in [-0.05, 0) is 47.9 Å². The number of benzene rings is 1. The molecule has 124 valence electrons. The Bertz CT molecular complexity index is 846. The molecule has 6 nitrogen and oxygen atoms in total. The molecule has 1 saturated heterocycles. The first-order chi connectivity index (χ1) is 11.6. The molecule has 0 bridgehead atoms. The van der Waals surface area contributed by atoms with Crippen molar-refractivity contribution in [2.45, 2.75) is 24.8 Å². The maximum Gasteiger partial charge on any atom is 0.322 e. The summed E-state index contributed by atoms with van der Waals surface area (Å²) in [6.45, 7) is 0.369. The van der Waals surface area contributed by atoms with Crippen LogP contribution in [0.4, 0.5) is 4.79 Å². The van der Waals surface area contributed by atoms with Crippen LogP contribution in [0.3, 0.4) is 0 Å². The van der Waals surface area contributed by atoms with Crippen molar-refractivity contribution in [1.82, 2.24) is 16.0 Å². The molecule has 1 aliphatic carbocycles. The molecule has 1 spiro atoms. The highest BCUT2D eigenvalue weighted by atomic mass is 32.1. The molecule has 0 radical (unpaired) electrons. The largest absolute Gasteiger partial charge is 0.352 e. The SMILES string of the molecule is O=C1NC(=O)[C@@]2(CCC[C@H]2CNC(=O)c2ccc3sccc3c2)N1. The van der Waals surface area contributed by atoms with Crippen LogP contribution in [0.15, 0.2) is 29.6 Å². The summed E-state index contributed by atoms with van der Waals surface area (Å²) >= 11 is 1.64. The highest BCUT2D eigenvalue weighted by Gasteiger charge is 2.54. The van der Waals surface area contributed by atoms with E-state index in [0.717, 1.165) is 22.9 Å². The molecule has 3 N–H and O–H groups in total. The molecule has 2 aliphatic rings. The zero-order valence-corrected chi connectivity index (χ0v) is 13.7. The smallest absolute Gasteiger partial charge is 0.322 e. The van der Waals surface area contributed by atoms with Crippen LogP contribution in [0.1, 0.15) is 29.6 Å². The van der Waals surface area contributed by atoms with E-state index < -0.39 is 11.6 Å². The van der Waals surface area contributed by atoms with E-state index >= 15 is 0 Å². The van der Waals surface area contributed by atoms with Crippen LogP contribution in [0.2, 0.25) is 0 Å². The van der Waals surface area contributed by atoms with Crippen molar-refractivity contribution in [3.8, 4) is 0 Å². The minimum atomic E-state index is -0.859. The monoisotopic (exact) mass is 343 g/mol. The molecule has 4 amide bonds. The maximum absolute atomic E-state index is 12.4. The van der Waals surface area contributed by atoms with Crippen molar-refractivity contribution in [3.05, 3.63) is 35.2 Å². The van der Waals surface area contributed by atoms with Crippen molar-refractivity contribution in [2.24, 2.45) is 5.92 Å². The first kappa shape index (κ1) is 15.1. The number of carbonyl (C=O) groups is 3. The molecule has 1 aliphatic heterocycles. The lowest BCUT2D eigenvalue weighted by Crippen LogP contribution is -2.53. The summed E-state index contributed by atoms with van der Waals surface area (Å²) < 4.78 is 1.15. The number of rotatable bonds is 3. The van der Waals surface area contributed by atoms with Crippen LogP contribution in [0, 0.1) is 5.92 Å². The van der Waals surface area contributed by atoms with Crippen molar-refractivity contribution >= 4 is 39.3 Å². The molecule has 7 heteroatoms. The Labute approximate surface area is 142 Å². The third kappa shape index (κ3) is 2.36. The lowest BCUT2D eigenvalue weighted by Gasteiger charge is -2.28. The molecule has 4 rings (SSSR count). The van der Waals surface area contributed by atoms with Crippen molar-refractivity contribution in [3.63, 3.8) is 0 Å². The van der Waals surface area contributed by atoms with E-state index in [2.05, 4.69) is 16.0 Å². The first-order valence-electron chi connectivity index (χ1n) is 7.97. The molecule has 1 saturated carbocycles. The molecular formula is C17H17N3O3S. The molecule has 2 atom stereocenters. The van der Waals surface area contributed by atoms with Gasteiger partial charge in [0.1, 0.15) is 5.54 Å². The molecular weight excluding hydrogens is 326 g/mol. The Morgan fingerprint density at radius 1 is 1.33 bits per heavy atom. The average Bonchev–Trinajstić information content (AvgIpc) is 3.25. The van der Waals surface area contributed by atoms with Crippen molar-refractivity contribution in [1.29, 1.82) is 0 Å². The van der Waals surface area contributed by atoms with Gasteiger partial charge in [-0.25, -0.2) is 4.79 Å². The van der Waals surface area contributed by atoms with Crippen LogP contribution >= 0.6 is 11.3 Å². The molecule has 2 fully saturated rings. The number of imide groups is 1. The summed E-state index contributed by atoms with van der Waals surface area (Å²) in [5.41, 5.74) is -0.255. The van der Waals surface area contributed by atoms with Gasteiger partial charge in [0.25, 0.3) is 11.8 Å². The second-order valence-electron chi connectivity index (χ2n) is 6.35. The van der Waals surface area contributed by atoms with E-state index in [9.17, 15) is 14.4 Å².